The topological polar surface area (TPSA) is 75.4 Å². The lowest BCUT2D eigenvalue weighted by Crippen LogP contribution is -2.29. The zero-order valence-electron chi connectivity index (χ0n) is 11.3. The number of rotatable bonds is 6. The molecule has 0 spiro atoms. The van der Waals surface area contributed by atoms with E-state index in [1.807, 2.05) is 0 Å². The number of halogens is 1. The van der Waals surface area contributed by atoms with Crippen LogP contribution in [-0.2, 0) is 10.0 Å². The van der Waals surface area contributed by atoms with Gasteiger partial charge in [-0.25, -0.2) is 17.5 Å². The van der Waals surface area contributed by atoms with Gasteiger partial charge in [0.05, 0.1) is 0 Å². The zero-order valence-corrected chi connectivity index (χ0v) is 12.1. The van der Waals surface area contributed by atoms with Crippen LogP contribution in [0.15, 0.2) is 23.1 Å². The number of nitrogens with zero attached hydrogens (tertiary/aromatic N) is 1. The Morgan fingerprint density at radius 3 is 2.65 bits per heavy atom. The smallest absolute Gasteiger partial charge is 0.243 e. The minimum absolute atomic E-state index is 0.204. The molecule has 0 aromatic heterocycles. The molecular formula is C13H20FN3O2S. The van der Waals surface area contributed by atoms with E-state index in [1.165, 1.54) is 25.0 Å². The molecule has 5 nitrogen and oxygen atoms in total. The molecule has 7 heteroatoms. The van der Waals surface area contributed by atoms with Gasteiger partial charge in [-0.05, 0) is 57.1 Å². The summed E-state index contributed by atoms with van der Waals surface area (Å²) in [7, 11) is -3.80. The maximum absolute atomic E-state index is 13.6. The van der Waals surface area contributed by atoms with Crippen molar-refractivity contribution in [1.29, 1.82) is 0 Å². The highest BCUT2D eigenvalue weighted by molar-refractivity contribution is 7.89. The van der Waals surface area contributed by atoms with Crippen molar-refractivity contribution in [3.63, 3.8) is 0 Å². The molecule has 1 saturated heterocycles. The van der Waals surface area contributed by atoms with E-state index in [0.717, 1.165) is 32.1 Å². The lowest BCUT2D eigenvalue weighted by atomic mass is 10.3. The number of benzene rings is 1. The molecule has 1 aromatic rings. The Labute approximate surface area is 119 Å². The predicted octanol–water partition coefficient (Wildman–Crippen LogP) is 1.17. The Hall–Kier alpha value is -1.18. The van der Waals surface area contributed by atoms with E-state index < -0.39 is 15.8 Å². The first kappa shape index (κ1) is 15.2. The molecule has 2 rings (SSSR count). The summed E-state index contributed by atoms with van der Waals surface area (Å²) in [6, 6.07) is 3.58. The lowest BCUT2D eigenvalue weighted by molar-refractivity contribution is 0.334. The van der Waals surface area contributed by atoms with Crippen molar-refractivity contribution < 1.29 is 12.8 Å². The van der Waals surface area contributed by atoms with Crippen LogP contribution in [-0.4, -0.2) is 39.5 Å². The number of nitrogens with two attached hydrogens (primary N) is 1. The molecule has 1 heterocycles. The van der Waals surface area contributed by atoms with Crippen LogP contribution in [0.3, 0.4) is 0 Å². The molecule has 0 bridgehead atoms. The quantitative estimate of drug-likeness (QED) is 0.611. The Kier molecular flexibility index (Phi) is 4.95. The van der Waals surface area contributed by atoms with Crippen molar-refractivity contribution in [2.45, 2.75) is 24.2 Å². The Morgan fingerprint density at radius 2 is 2.00 bits per heavy atom. The van der Waals surface area contributed by atoms with E-state index in [9.17, 15) is 12.8 Å². The van der Waals surface area contributed by atoms with Crippen molar-refractivity contribution in [1.82, 2.24) is 9.62 Å². The number of hydrogen-bond donors (Lipinski definition) is 2. The summed E-state index contributed by atoms with van der Waals surface area (Å²) in [5.74, 6) is -0.822. The Morgan fingerprint density at radius 1 is 1.30 bits per heavy atom. The fourth-order valence-corrected chi connectivity index (χ4v) is 3.46. The van der Waals surface area contributed by atoms with Crippen LogP contribution in [0.25, 0.3) is 0 Å². The molecular weight excluding hydrogens is 281 g/mol. The van der Waals surface area contributed by atoms with Crippen molar-refractivity contribution in [2.75, 3.05) is 31.9 Å². The van der Waals surface area contributed by atoms with Gasteiger partial charge >= 0.3 is 0 Å². The van der Waals surface area contributed by atoms with Crippen LogP contribution in [0, 0.1) is 5.82 Å². The fraction of sp³-hybridized carbons (Fsp3) is 0.538. The molecule has 0 unspecified atom stereocenters. The SMILES string of the molecule is Nc1ccc(S(=O)(=O)NCCCN2CCCC2)c(F)c1. The third-order valence-corrected chi connectivity index (χ3v) is 4.88. The summed E-state index contributed by atoms with van der Waals surface area (Å²) >= 11 is 0. The van der Waals surface area contributed by atoms with Gasteiger partial charge in [-0.15, -0.1) is 0 Å². The molecule has 0 amide bonds. The van der Waals surface area contributed by atoms with Crippen molar-refractivity contribution >= 4 is 15.7 Å². The first-order valence-corrected chi connectivity index (χ1v) is 8.24. The van der Waals surface area contributed by atoms with Gasteiger partial charge in [-0.3, -0.25) is 0 Å². The molecule has 0 aliphatic carbocycles. The van der Waals surface area contributed by atoms with Gasteiger partial charge in [0.25, 0.3) is 0 Å². The highest BCUT2D eigenvalue weighted by Gasteiger charge is 2.18. The molecule has 0 radical (unpaired) electrons. The standard InChI is InChI=1S/C13H20FN3O2S/c14-12-10-11(15)4-5-13(12)20(18,19)16-6-3-9-17-7-1-2-8-17/h4-5,10,16H,1-3,6-9,15H2. The van der Waals surface area contributed by atoms with Crippen molar-refractivity contribution in [2.24, 2.45) is 0 Å². The van der Waals surface area contributed by atoms with Crippen LogP contribution in [0.5, 0.6) is 0 Å². The number of likely N-dealkylation sites (tertiary alicyclic amines) is 1. The summed E-state index contributed by atoms with van der Waals surface area (Å²) in [5, 5.41) is 0. The van der Waals surface area contributed by atoms with E-state index in [0.29, 0.717) is 6.54 Å². The number of anilines is 1. The average Bonchev–Trinajstić information content (AvgIpc) is 2.87. The summed E-state index contributed by atoms with van der Waals surface area (Å²) in [4.78, 5) is 1.95. The number of sulfonamides is 1. The molecule has 0 atom stereocenters. The predicted molar refractivity (Wildman–Crippen MR) is 76.3 cm³/mol. The third-order valence-electron chi connectivity index (χ3n) is 3.39. The molecule has 1 aromatic carbocycles. The van der Waals surface area contributed by atoms with Crippen molar-refractivity contribution in [3.8, 4) is 0 Å². The lowest BCUT2D eigenvalue weighted by Gasteiger charge is -2.14. The maximum Gasteiger partial charge on any atom is 0.243 e. The van der Waals surface area contributed by atoms with Crippen LogP contribution in [0.4, 0.5) is 10.1 Å². The highest BCUT2D eigenvalue weighted by Crippen LogP contribution is 2.17. The molecule has 3 N–H and O–H groups in total. The minimum atomic E-state index is -3.80. The summed E-state index contributed by atoms with van der Waals surface area (Å²) in [6.45, 7) is 3.34. The number of nitrogens with one attached hydrogen (secondary N) is 1. The summed E-state index contributed by atoms with van der Waals surface area (Å²) < 4.78 is 39.9. The second-order valence-electron chi connectivity index (χ2n) is 4.99. The second kappa shape index (κ2) is 6.51. The second-order valence-corrected chi connectivity index (χ2v) is 6.73. The Balaban J connectivity index is 1.87. The minimum Gasteiger partial charge on any atom is -0.399 e. The summed E-state index contributed by atoms with van der Waals surface area (Å²) in [6.07, 6.45) is 3.14. The molecule has 20 heavy (non-hydrogen) atoms. The largest absolute Gasteiger partial charge is 0.399 e. The average molecular weight is 301 g/mol. The van der Waals surface area contributed by atoms with E-state index in [4.69, 9.17) is 5.73 Å². The number of hydrogen-bond acceptors (Lipinski definition) is 4. The van der Waals surface area contributed by atoms with E-state index in [1.54, 1.807) is 0 Å². The molecule has 1 aliphatic heterocycles. The number of nitrogen functional groups attached to an aromatic ring is 1. The van der Waals surface area contributed by atoms with Crippen LogP contribution < -0.4 is 10.5 Å². The normalized spacial score (nSPS) is 16.6. The monoisotopic (exact) mass is 301 g/mol. The zero-order chi connectivity index (χ0) is 14.6. The maximum atomic E-state index is 13.6. The Bertz CT molecular complexity index is 557. The van der Waals surface area contributed by atoms with Crippen LogP contribution >= 0.6 is 0 Å². The van der Waals surface area contributed by atoms with E-state index in [-0.39, 0.29) is 10.6 Å². The van der Waals surface area contributed by atoms with Gasteiger partial charge < -0.3 is 10.6 Å². The first-order chi connectivity index (χ1) is 9.49. The highest BCUT2D eigenvalue weighted by atomic mass is 32.2. The van der Waals surface area contributed by atoms with Crippen LogP contribution in [0.2, 0.25) is 0 Å². The molecule has 1 aliphatic rings. The van der Waals surface area contributed by atoms with Gasteiger partial charge in [-0.1, -0.05) is 0 Å². The van der Waals surface area contributed by atoms with E-state index >= 15 is 0 Å². The fourth-order valence-electron chi connectivity index (χ4n) is 2.33. The van der Waals surface area contributed by atoms with Gasteiger partial charge in [0.15, 0.2) is 0 Å². The van der Waals surface area contributed by atoms with Crippen LogP contribution in [0.1, 0.15) is 19.3 Å². The molecule has 1 fully saturated rings. The van der Waals surface area contributed by atoms with Gasteiger partial charge in [0, 0.05) is 12.2 Å². The van der Waals surface area contributed by atoms with E-state index in [2.05, 4.69) is 9.62 Å². The molecule has 112 valence electrons. The molecule has 0 saturated carbocycles. The van der Waals surface area contributed by atoms with Gasteiger partial charge in [-0.2, -0.15) is 0 Å². The first-order valence-electron chi connectivity index (χ1n) is 6.76. The third kappa shape index (κ3) is 3.91. The van der Waals surface area contributed by atoms with Gasteiger partial charge in [0.1, 0.15) is 10.7 Å². The van der Waals surface area contributed by atoms with Crippen molar-refractivity contribution in [3.05, 3.63) is 24.0 Å². The van der Waals surface area contributed by atoms with Gasteiger partial charge in [0.2, 0.25) is 10.0 Å². The summed E-state index contributed by atoms with van der Waals surface area (Å²) in [5.41, 5.74) is 5.61.